The summed E-state index contributed by atoms with van der Waals surface area (Å²) < 4.78 is 5.48. The zero-order chi connectivity index (χ0) is 24.5. The molecule has 0 unspecified atom stereocenters. The lowest BCUT2D eigenvalue weighted by Crippen LogP contribution is -2.32. The Hall–Kier alpha value is -4.17. The number of rotatable bonds is 7. The van der Waals surface area contributed by atoms with Crippen LogP contribution in [0.2, 0.25) is 5.02 Å². The maximum atomic E-state index is 12.0. The zero-order valence-electron chi connectivity index (χ0n) is 18.6. The molecule has 0 atom stereocenters. The number of amides is 3. The van der Waals surface area contributed by atoms with Crippen molar-refractivity contribution < 1.29 is 19.1 Å². The number of carbonyl (C=O) groups excluding carboxylic acids is 3. The Morgan fingerprint density at radius 2 is 1.62 bits per heavy atom. The molecule has 174 valence electrons. The lowest BCUT2D eigenvalue weighted by molar-refractivity contribution is -0.136. The van der Waals surface area contributed by atoms with E-state index in [1.54, 1.807) is 49.4 Å². The summed E-state index contributed by atoms with van der Waals surface area (Å²) in [6, 6.07) is 19.1. The van der Waals surface area contributed by atoms with E-state index in [0.717, 1.165) is 11.1 Å². The molecule has 0 saturated heterocycles. The first-order valence-corrected chi connectivity index (χ1v) is 10.7. The molecule has 3 amide bonds. The van der Waals surface area contributed by atoms with Crippen molar-refractivity contribution in [3.05, 3.63) is 88.4 Å². The van der Waals surface area contributed by atoms with E-state index in [-0.39, 0.29) is 12.5 Å². The Kier molecular flexibility index (Phi) is 8.37. The maximum absolute atomic E-state index is 12.0. The molecule has 0 saturated carbocycles. The van der Waals surface area contributed by atoms with Gasteiger partial charge in [-0.25, -0.2) is 5.43 Å². The SMILES string of the molecule is Cc1ccc(NC(=O)COc2ccc(/C=N\NC(=O)C(=O)Nc3ccc(Cl)cc3C)cc2)cc1. The Morgan fingerprint density at radius 3 is 2.29 bits per heavy atom. The highest BCUT2D eigenvalue weighted by atomic mass is 35.5. The van der Waals surface area contributed by atoms with Crippen LogP contribution in [0.3, 0.4) is 0 Å². The fraction of sp³-hybridized carbons (Fsp3) is 0.120. The van der Waals surface area contributed by atoms with Crippen molar-refractivity contribution in [3.8, 4) is 5.75 Å². The Morgan fingerprint density at radius 1 is 0.912 bits per heavy atom. The summed E-state index contributed by atoms with van der Waals surface area (Å²) in [4.78, 5) is 36.0. The van der Waals surface area contributed by atoms with Gasteiger partial charge >= 0.3 is 11.8 Å². The molecular formula is C25H23ClN4O4. The van der Waals surface area contributed by atoms with Crippen molar-refractivity contribution >= 4 is 46.9 Å². The Bertz CT molecular complexity index is 1210. The van der Waals surface area contributed by atoms with Crippen molar-refractivity contribution in [2.75, 3.05) is 17.2 Å². The number of nitrogens with one attached hydrogen (secondary N) is 3. The molecule has 8 nitrogen and oxygen atoms in total. The number of hydrogen-bond donors (Lipinski definition) is 3. The first kappa shape index (κ1) is 24.5. The minimum absolute atomic E-state index is 0.139. The number of halogens is 1. The number of benzene rings is 3. The molecule has 0 spiro atoms. The third kappa shape index (κ3) is 7.46. The van der Waals surface area contributed by atoms with Gasteiger partial charge < -0.3 is 15.4 Å². The van der Waals surface area contributed by atoms with Crippen LogP contribution in [0.5, 0.6) is 5.75 Å². The Labute approximate surface area is 202 Å². The van der Waals surface area contributed by atoms with Crippen LogP contribution in [0.15, 0.2) is 71.8 Å². The van der Waals surface area contributed by atoms with Crippen molar-refractivity contribution in [3.63, 3.8) is 0 Å². The molecule has 0 fully saturated rings. The molecule has 0 aliphatic rings. The average molecular weight is 479 g/mol. The summed E-state index contributed by atoms with van der Waals surface area (Å²) in [7, 11) is 0. The van der Waals surface area contributed by atoms with Crippen LogP contribution in [0.1, 0.15) is 16.7 Å². The quantitative estimate of drug-likeness (QED) is 0.270. The van der Waals surface area contributed by atoms with Crippen LogP contribution in [0.25, 0.3) is 0 Å². The van der Waals surface area contributed by atoms with Gasteiger partial charge in [-0.15, -0.1) is 0 Å². The molecule has 3 aromatic carbocycles. The van der Waals surface area contributed by atoms with Gasteiger partial charge in [0.2, 0.25) is 0 Å². The van der Waals surface area contributed by atoms with Crippen LogP contribution in [0.4, 0.5) is 11.4 Å². The van der Waals surface area contributed by atoms with Gasteiger partial charge in [-0.2, -0.15) is 5.10 Å². The molecule has 0 radical (unpaired) electrons. The first-order valence-electron chi connectivity index (χ1n) is 10.3. The van der Waals surface area contributed by atoms with Crippen molar-refractivity contribution in [2.45, 2.75) is 13.8 Å². The molecule has 34 heavy (non-hydrogen) atoms. The summed E-state index contributed by atoms with van der Waals surface area (Å²) >= 11 is 5.88. The molecule has 9 heteroatoms. The van der Waals surface area contributed by atoms with Crippen LogP contribution in [-0.4, -0.2) is 30.5 Å². The first-order chi connectivity index (χ1) is 16.3. The standard InChI is InChI=1S/C25H23ClN4O4/c1-16-3-8-20(9-4-16)28-23(31)15-34-21-10-5-18(6-11-21)14-27-30-25(33)24(32)29-22-12-7-19(26)13-17(22)2/h3-14H,15H2,1-2H3,(H,28,31)(H,29,32)(H,30,33)/b27-14-. The second kappa shape index (κ2) is 11.6. The maximum Gasteiger partial charge on any atom is 0.329 e. The fourth-order valence-electron chi connectivity index (χ4n) is 2.80. The second-order valence-corrected chi connectivity index (χ2v) is 7.82. The molecule has 3 rings (SSSR count). The monoisotopic (exact) mass is 478 g/mol. The summed E-state index contributed by atoms with van der Waals surface area (Å²) in [5.74, 6) is -1.54. The van der Waals surface area contributed by atoms with E-state index in [4.69, 9.17) is 16.3 Å². The van der Waals surface area contributed by atoms with Gasteiger partial charge in [0.05, 0.1) is 6.21 Å². The van der Waals surface area contributed by atoms with Gasteiger partial charge in [0.1, 0.15) is 5.75 Å². The normalized spacial score (nSPS) is 10.6. The second-order valence-electron chi connectivity index (χ2n) is 7.38. The predicted molar refractivity (Wildman–Crippen MR) is 132 cm³/mol. The minimum atomic E-state index is -0.912. The summed E-state index contributed by atoms with van der Waals surface area (Å²) in [5.41, 5.74) is 5.85. The van der Waals surface area contributed by atoms with Crippen LogP contribution in [-0.2, 0) is 14.4 Å². The molecular weight excluding hydrogens is 456 g/mol. The van der Waals surface area contributed by atoms with E-state index in [2.05, 4.69) is 21.2 Å². The third-order valence-electron chi connectivity index (χ3n) is 4.61. The lowest BCUT2D eigenvalue weighted by Gasteiger charge is -2.08. The third-order valence-corrected chi connectivity index (χ3v) is 4.84. The van der Waals surface area contributed by atoms with Gasteiger partial charge in [-0.3, -0.25) is 14.4 Å². The van der Waals surface area contributed by atoms with Crippen molar-refractivity contribution in [2.24, 2.45) is 5.10 Å². The zero-order valence-corrected chi connectivity index (χ0v) is 19.3. The van der Waals surface area contributed by atoms with Gasteiger partial charge in [-0.05, 0) is 79.6 Å². The van der Waals surface area contributed by atoms with Gasteiger partial charge in [0.15, 0.2) is 6.61 Å². The highest BCUT2D eigenvalue weighted by molar-refractivity contribution is 6.39. The van der Waals surface area contributed by atoms with Crippen molar-refractivity contribution in [1.29, 1.82) is 0 Å². The molecule has 0 aromatic heterocycles. The molecule has 0 aliphatic heterocycles. The molecule has 0 aliphatic carbocycles. The number of carbonyl (C=O) groups is 3. The number of hydrogen-bond acceptors (Lipinski definition) is 5. The predicted octanol–water partition coefficient (Wildman–Crippen LogP) is 4.06. The number of aryl methyl sites for hydroxylation is 2. The minimum Gasteiger partial charge on any atom is -0.484 e. The molecule has 3 aromatic rings. The molecule has 0 heterocycles. The molecule has 0 bridgehead atoms. The Balaban J connectivity index is 1.43. The number of ether oxygens (including phenoxy) is 1. The van der Waals surface area contributed by atoms with Gasteiger partial charge in [0.25, 0.3) is 5.91 Å². The number of hydrazone groups is 1. The van der Waals surface area contributed by atoms with Crippen LogP contribution in [0, 0.1) is 13.8 Å². The summed E-state index contributed by atoms with van der Waals surface area (Å²) in [5, 5.41) is 9.58. The van der Waals surface area contributed by atoms with Crippen LogP contribution >= 0.6 is 11.6 Å². The highest BCUT2D eigenvalue weighted by Crippen LogP contribution is 2.19. The van der Waals surface area contributed by atoms with E-state index >= 15 is 0 Å². The summed E-state index contributed by atoms with van der Waals surface area (Å²) in [6.45, 7) is 3.60. The average Bonchev–Trinajstić information content (AvgIpc) is 2.81. The largest absolute Gasteiger partial charge is 0.484 e. The highest BCUT2D eigenvalue weighted by Gasteiger charge is 2.14. The summed E-state index contributed by atoms with van der Waals surface area (Å²) in [6.07, 6.45) is 1.38. The number of anilines is 2. The topological polar surface area (TPSA) is 109 Å². The van der Waals surface area contributed by atoms with E-state index in [1.165, 1.54) is 6.21 Å². The fourth-order valence-corrected chi connectivity index (χ4v) is 3.02. The number of nitrogens with zero attached hydrogens (tertiary/aromatic N) is 1. The van der Waals surface area contributed by atoms with E-state index < -0.39 is 11.8 Å². The smallest absolute Gasteiger partial charge is 0.329 e. The van der Waals surface area contributed by atoms with E-state index in [9.17, 15) is 14.4 Å². The van der Waals surface area contributed by atoms with E-state index in [0.29, 0.717) is 27.7 Å². The van der Waals surface area contributed by atoms with Crippen LogP contribution < -0.4 is 20.8 Å². The lowest BCUT2D eigenvalue weighted by atomic mass is 10.2. The van der Waals surface area contributed by atoms with E-state index in [1.807, 2.05) is 31.2 Å². The van der Waals surface area contributed by atoms with Crippen molar-refractivity contribution in [1.82, 2.24) is 5.43 Å². The molecule has 3 N–H and O–H groups in total. The van der Waals surface area contributed by atoms with Gasteiger partial charge in [0, 0.05) is 16.4 Å². The van der Waals surface area contributed by atoms with Gasteiger partial charge in [-0.1, -0.05) is 29.3 Å².